The summed E-state index contributed by atoms with van der Waals surface area (Å²) < 4.78 is 13.5. The maximum absolute atomic E-state index is 12.9. The molecule has 0 saturated carbocycles. The summed E-state index contributed by atoms with van der Waals surface area (Å²) in [5.74, 6) is -2.00. The van der Waals surface area contributed by atoms with Crippen molar-refractivity contribution >= 4 is 40.2 Å². The molecule has 0 aliphatic rings. The van der Waals surface area contributed by atoms with E-state index in [1.54, 1.807) is 0 Å². The first-order valence-electron chi connectivity index (χ1n) is 5.43. The monoisotopic (exact) mass is 386 g/mol. The van der Waals surface area contributed by atoms with Gasteiger partial charge in [0.2, 0.25) is 0 Å². The molecule has 0 unspecified atom stereocenters. The van der Waals surface area contributed by atoms with E-state index in [-0.39, 0.29) is 11.3 Å². The molecule has 1 amide bonds. The topological polar surface area (TPSA) is 79.3 Å². The van der Waals surface area contributed by atoms with Crippen LogP contribution in [0.15, 0.2) is 36.5 Å². The van der Waals surface area contributed by atoms with E-state index in [0.29, 0.717) is 9.26 Å². The van der Waals surface area contributed by atoms with Crippen LogP contribution in [0.3, 0.4) is 0 Å². The lowest BCUT2D eigenvalue weighted by molar-refractivity contribution is 0.0696. The molecule has 2 aromatic rings. The summed E-state index contributed by atoms with van der Waals surface area (Å²) in [4.78, 5) is 26.4. The number of nitrogens with one attached hydrogen (secondary N) is 1. The van der Waals surface area contributed by atoms with E-state index in [9.17, 15) is 14.0 Å². The van der Waals surface area contributed by atoms with Gasteiger partial charge < -0.3 is 10.4 Å². The Hall–Kier alpha value is -2.03. The van der Waals surface area contributed by atoms with Crippen LogP contribution in [0, 0.1) is 9.39 Å². The van der Waals surface area contributed by atoms with Crippen molar-refractivity contribution in [3.8, 4) is 0 Å². The van der Waals surface area contributed by atoms with Crippen molar-refractivity contribution in [3.63, 3.8) is 0 Å². The van der Waals surface area contributed by atoms with E-state index in [2.05, 4.69) is 10.3 Å². The Kier molecular flexibility index (Phi) is 4.28. The number of carboxylic acids is 1. The van der Waals surface area contributed by atoms with Crippen molar-refractivity contribution in [2.45, 2.75) is 0 Å². The molecule has 20 heavy (non-hydrogen) atoms. The average Bonchev–Trinajstić information content (AvgIpc) is 2.42. The Labute approximate surface area is 127 Å². The minimum atomic E-state index is -1.11. The number of hydrogen-bond acceptors (Lipinski definition) is 3. The third-order valence-electron chi connectivity index (χ3n) is 2.42. The maximum Gasteiger partial charge on any atom is 0.337 e. The zero-order chi connectivity index (χ0) is 14.7. The Balaban J connectivity index is 2.17. The molecule has 0 fully saturated rings. The number of benzene rings is 1. The number of nitrogens with zero attached hydrogens (tertiary/aromatic N) is 1. The van der Waals surface area contributed by atoms with Gasteiger partial charge in [-0.15, -0.1) is 0 Å². The van der Waals surface area contributed by atoms with Crippen LogP contribution in [0.25, 0.3) is 0 Å². The third-order valence-corrected chi connectivity index (χ3v) is 3.31. The van der Waals surface area contributed by atoms with Crippen LogP contribution in [0.5, 0.6) is 0 Å². The fraction of sp³-hybridized carbons (Fsp3) is 0. The molecule has 1 aromatic carbocycles. The van der Waals surface area contributed by atoms with Crippen LogP contribution < -0.4 is 5.32 Å². The van der Waals surface area contributed by atoms with Crippen LogP contribution >= 0.6 is 22.6 Å². The van der Waals surface area contributed by atoms with Gasteiger partial charge >= 0.3 is 5.97 Å². The molecule has 102 valence electrons. The van der Waals surface area contributed by atoms with Gasteiger partial charge in [-0.3, -0.25) is 9.78 Å². The summed E-state index contributed by atoms with van der Waals surface area (Å²) in [6.45, 7) is 0. The molecule has 2 N–H and O–H groups in total. The smallest absolute Gasteiger partial charge is 0.337 e. The molecule has 0 spiro atoms. The molecule has 0 bridgehead atoms. The second kappa shape index (κ2) is 5.95. The van der Waals surface area contributed by atoms with E-state index in [4.69, 9.17) is 5.11 Å². The summed E-state index contributed by atoms with van der Waals surface area (Å²) in [5.41, 5.74) is 0.536. The molecule has 0 radical (unpaired) electrons. The highest BCUT2D eigenvalue weighted by Crippen LogP contribution is 2.19. The second-order valence-electron chi connectivity index (χ2n) is 3.82. The van der Waals surface area contributed by atoms with Gasteiger partial charge in [-0.25, -0.2) is 9.18 Å². The van der Waals surface area contributed by atoms with Crippen molar-refractivity contribution in [1.82, 2.24) is 4.98 Å². The number of rotatable bonds is 3. The quantitative estimate of drug-likeness (QED) is 0.796. The molecule has 7 heteroatoms. The third kappa shape index (κ3) is 3.29. The summed E-state index contributed by atoms with van der Waals surface area (Å²) in [7, 11) is 0. The summed E-state index contributed by atoms with van der Waals surface area (Å²) in [6, 6.07) is 6.57. The minimum absolute atomic E-state index is 0.00193. The molecule has 0 aliphatic heterocycles. The van der Waals surface area contributed by atoms with Gasteiger partial charge in [-0.05, 0) is 52.9 Å². The SMILES string of the molecule is O=C(O)c1ccc(C(=O)Nc2ccc(F)cc2I)nc1. The Morgan fingerprint density at radius 1 is 1.25 bits per heavy atom. The van der Waals surface area contributed by atoms with E-state index in [1.807, 2.05) is 22.6 Å². The molecular weight excluding hydrogens is 378 g/mol. The normalized spacial score (nSPS) is 10.1. The fourth-order valence-corrected chi connectivity index (χ4v) is 2.04. The van der Waals surface area contributed by atoms with Crippen molar-refractivity contribution in [2.24, 2.45) is 0 Å². The number of carboxylic acid groups (broad SMARTS) is 1. The molecule has 0 aliphatic carbocycles. The first kappa shape index (κ1) is 14.4. The van der Waals surface area contributed by atoms with Gasteiger partial charge in [0.25, 0.3) is 5.91 Å². The lowest BCUT2D eigenvalue weighted by Gasteiger charge is -2.07. The molecule has 2 rings (SSSR count). The first-order chi connectivity index (χ1) is 9.47. The zero-order valence-corrected chi connectivity index (χ0v) is 12.1. The van der Waals surface area contributed by atoms with Gasteiger partial charge in [0.05, 0.1) is 11.3 Å². The summed E-state index contributed by atoms with van der Waals surface area (Å²) in [6.07, 6.45) is 1.10. The van der Waals surface area contributed by atoms with Crippen LogP contribution in [0.2, 0.25) is 0 Å². The molecule has 1 heterocycles. The first-order valence-corrected chi connectivity index (χ1v) is 6.51. The predicted molar refractivity (Wildman–Crippen MR) is 78.3 cm³/mol. The number of aromatic carboxylic acids is 1. The second-order valence-corrected chi connectivity index (χ2v) is 4.98. The number of carbonyl (C=O) groups is 2. The molecule has 5 nitrogen and oxygen atoms in total. The summed E-state index contributed by atoms with van der Waals surface area (Å²) >= 11 is 1.90. The largest absolute Gasteiger partial charge is 0.478 e. The molecule has 0 saturated heterocycles. The maximum atomic E-state index is 12.9. The van der Waals surface area contributed by atoms with Crippen LogP contribution in [-0.2, 0) is 0 Å². The molecular formula is C13H8FIN2O3. The summed E-state index contributed by atoms with van der Waals surface area (Å²) in [5, 5.41) is 11.3. The highest BCUT2D eigenvalue weighted by Gasteiger charge is 2.11. The molecule has 1 aromatic heterocycles. The van der Waals surface area contributed by atoms with Gasteiger partial charge in [0.15, 0.2) is 0 Å². The predicted octanol–water partition coefficient (Wildman–Crippen LogP) is 2.78. The van der Waals surface area contributed by atoms with Crippen LogP contribution in [0.4, 0.5) is 10.1 Å². The van der Waals surface area contributed by atoms with Crippen LogP contribution in [-0.4, -0.2) is 22.0 Å². The minimum Gasteiger partial charge on any atom is -0.478 e. The van der Waals surface area contributed by atoms with Gasteiger partial charge in [0, 0.05) is 9.77 Å². The number of hydrogen-bond donors (Lipinski definition) is 2. The van der Waals surface area contributed by atoms with Gasteiger partial charge in [0.1, 0.15) is 11.5 Å². The highest BCUT2D eigenvalue weighted by atomic mass is 127. The lowest BCUT2D eigenvalue weighted by atomic mass is 10.2. The van der Waals surface area contributed by atoms with E-state index in [1.165, 1.54) is 30.3 Å². The van der Waals surface area contributed by atoms with Gasteiger partial charge in [-0.1, -0.05) is 0 Å². The Morgan fingerprint density at radius 3 is 2.55 bits per heavy atom. The zero-order valence-electron chi connectivity index (χ0n) is 9.93. The van der Waals surface area contributed by atoms with Crippen molar-refractivity contribution in [1.29, 1.82) is 0 Å². The fourth-order valence-electron chi connectivity index (χ4n) is 1.43. The van der Waals surface area contributed by atoms with E-state index in [0.717, 1.165) is 6.20 Å². The number of amides is 1. The van der Waals surface area contributed by atoms with Crippen molar-refractivity contribution in [3.05, 3.63) is 57.2 Å². The van der Waals surface area contributed by atoms with Crippen LogP contribution in [0.1, 0.15) is 20.8 Å². The number of halogens is 2. The van der Waals surface area contributed by atoms with Crippen molar-refractivity contribution < 1.29 is 19.1 Å². The Morgan fingerprint density at radius 2 is 2.00 bits per heavy atom. The van der Waals surface area contributed by atoms with E-state index >= 15 is 0 Å². The standard InChI is InChI=1S/C13H8FIN2O3/c14-8-2-4-10(9(15)5-8)17-12(18)11-3-1-7(6-16-11)13(19)20/h1-6H,(H,17,18)(H,19,20). The number of aromatic nitrogens is 1. The molecule has 0 atom stereocenters. The van der Waals surface area contributed by atoms with E-state index < -0.39 is 17.7 Å². The number of pyridine rings is 1. The van der Waals surface area contributed by atoms with Crippen molar-refractivity contribution in [2.75, 3.05) is 5.32 Å². The average molecular weight is 386 g/mol. The highest BCUT2D eigenvalue weighted by molar-refractivity contribution is 14.1. The number of anilines is 1. The lowest BCUT2D eigenvalue weighted by Crippen LogP contribution is -2.15. The number of carbonyl (C=O) groups excluding carboxylic acids is 1. The Bertz CT molecular complexity index is 674. The van der Waals surface area contributed by atoms with Gasteiger partial charge in [-0.2, -0.15) is 0 Å².